The summed E-state index contributed by atoms with van der Waals surface area (Å²) in [5, 5.41) is 0. The van der Waals surface area contributed by atoms with E-state index in [0.29, 0.717) is 0 Å². The molecule has 0 heterocycles. The second-order valence-corrected chi connectivity index (χ2v) is 5.82. The van der Waals surface area contributed by atoms with Gasteiger partial charge in [-0.3, -0.25) is 0 Å². The monoisotopic (exact) mass is 162 g/mol. The summed E-state index contributed by atoms with van der Waals surface area (Å²) < 4.78 is 0. The van der Waals surface area contributed by atoms with E-state index in [1.807, 2.05) is 0 Å². The highest BCUT2D eigenvalue weighted by atomic mass is 14.7. The van der Waals surface area contributed by atoms with Crippen LogP contribution in [0.5, 0.6) is 0 Å². The molecule has 0 aromatic rings. The predicted octanol–water partition coefficient (Wildman–Crippen LogP) is 3.08. The van der Waals surface area contributed by atoms with Gasteiger partial charge in [-0.1, -0.05) is 6.42 Å². The normalized spacial score (nSPS) is 66.0. The van der Waals surface area contributed by atoms with Gasteiger partial charge < -0.3 is 0 Å². The third-order valence-corrected chi connectivity index (χ3v) is 5.65. The molecule has 4 saturated carbocycles. The SMILES string of the molecule is C1CC2CC1CC1C3CCC3C21. The molecule has 0 aliphatic heterocycles. The van der Waals surface area contributed by atoms with Crippen LogP contribution < -0.4 is 0 Å². The maximum absolute atomic E-state index is 1.64. The molecule has 0 aromatic heterocycles. The molecule has 6 atom stereocenters. The van der Waals surface area contributed by atoms with Gasteiger partial charge in [-0.25, -0.2) is 0 Å². The smallest absolute Gasteiger partial charge is 0.0323 e. The summed E-state index contributed by atoms with van der Waals surface area (Å²) in [5.41, 5.74) is 0. The van der Waals surface area contributed by atoms with Gasteiger partial charge in [-0.15, -0.1) is 0 Å². The molecule has 2 bridgehead atoms. The Hall–Kier alpha value is 0. The van der Waals surface area contributed by atoms with Crippen molar-refractivity contribution < 1.29 is 0 Å². The molecule has 0 amide bonds. The molecule has 0 nitrogen and oxygen atoms in total. The van der Waals surface area contributed by atoms with Crippen molar-refractivity contribution in [2.75, 3.05) is 0 Å². The maximum atomic E-state index is 1.64. The second kappa shape index (κ2) is 1.91. The standard InChI is InChI=1S/C12H18/c1-2-8-5-7(1)6-11-9-3-4-10(9)12(8)11/h7-12H,1-6H2. The van der Waals surface area contributed by atoms with Crippen molar-refractivity contribution in [2.24, 2.45) is 35.5 Å². The fourth-order valence-corrected chi connectivity index (χ4v) is 5.11. The lowest BCUT2D eigenvalue weighted by atomic mass is 9.41. The number of hydrogen-bond donors (Lipinski definition) is 0. The fraction of sp³-hybridized carbons (Fsp3) is 1.00. The summed E-state index contributed by atoms with van der Waals surface area (Å²) >= 11 is 0. The van der Waals surface area contributed by atoms with Crippen LogP contribution in [0.15, 0.2) is 0 Å². The average molecular weight is 162 g/mol. The van der Waals surface area contributed by atoms with Crippen molar-refractivity contribution >= 4 is 0 Å². The van der Waals surface area contributed by atoms with Gasteiger partial charge in [0.25, 0.3) is 0 Å². The van der Waals surface area contributed by atoms with E-state index >= 15 is 0 Å². The lowest BCUT2D eigenvalue weighted by Gasteiger charge is -2.63. The zero-order valence-electron chi connectivity index (χ0n) is 7.71. The minimum atomic E-state index is 1.18. The Balaban J connectivity index is 1.67. The molecular formula is C12H18. The van der Waals surface area contributed by atoms with Crippen molar-refractivity contribution in [1.82, 2.24) is 0 Å². The van der Waals surface area contributed by atoms with Gasteiger partial charge in [0.1, 0.15) is 0 Å². The first-order valence-corrected chi connectivity index (χ1v) is 5.93. The van der Waals surface area contributed by atoms with Gasteiger partial charge in [-0.05, 0) is 67.6 Å². The summed E-state index contributed by atoms with van der Waals surface area (Å²) in [6, 6.07) is 0. The first-order chi connectivity index (χ1) is 5.93. The summed E-state index contributed by atoms with van der Waals surface area (Å²) in [4.78, 5) is 0. The summed E-state index contributed by atoms with van der Waals surface area (Å²) in [7, 11) is 0. The van der Waals surface area contributed by atoms with E-state index < -0.39 is 0 Å². The molecule has 4 fully saturated rings. The first kappa shape index (κ1) is 6.45. The number of hydrogen-bond acceptors (Lipinski definition) is 0. The van der Waals surface area contributed by atoms with Crippen LogP contribution in [0.3, 0.4) is 0 Å². The Labute approximate surface area is 74.7 Å². The van der Waals surface area contributed by atoms with E-state index in [0.717, 1.165) is 0 Å². The van der Waals surface area contributed by atoms with Crippen molar-refractivity contribution in [3.05, 3.63) is 0 Å². The van der Waals surface area contributed by atoms with Gasteiger partial charge in [0.05, 0.1) is 0 Å². The minimum Gasteiger partial charge on any atom is -0.0502 e. The van der Waals surface area contributed by atoms with Gasteiger partial charge in [0.15, 0.2) is 0 Å². The van der Waals surface area contributed by atoms with E-state index in [9.17, 15) is 0 Å². The maximum Gasteiger partial charge on any atom is -0.0323 e. The molecule has 0 N–H and O–H groups in total. The van der Waals surface area contributed by atoms with Crippen molar-refractivity contribution in [2.45, 2.75) is 38.5 Å². The van der Waals surface area contributed by atoms with Crippen molar-refractivity contribution in [3.63, 3.8) is 0 Å². The van der Waals surface area contributed by atoms with E-state index in [4.69, 9.17) is 0 Å². The molecule has 4 aliphatic carbocycles. The van der Waals surface area contributed by atoms with Crippen molar-refractivity contribution in [1.29, 1.82) is 0 Å². The molecule has 0 heteroatoms. The van der Waals surface area contributed by atoms with Crippen LogP contribution in [0.2, 0.25) is 0 Å². The largest absolute Gasteiger partial charge is 0.0502 e. The van der Waals surface area contributed by atoms with Gasteiger partial charge >= 0.3 is 0 Å². The van der Waals surface area contributed by atoms with Crippen molar-refractivity contribution in [3.8, 4) is 0 Å². The topological polar surface area (TPSA) is 0 Å². The van der Waals surface area contributed by atoms with Gasteiger partial charge in [0.2, 0.25) is 0 Å². The zero-order valence-corrected chi connectivity index (χ0v) is 7.71. The van der Waals surface area contributed by atoms with Crippen LogP contribution >= 0.6 is 0 Å². The molecule has 0 radical (unpaired) electrons. The van der Waals surface area contributed by atoms with Crippen LogP contribution in [-0.4, -0.2) is 0 Å². The second-order valence-electron chi connectivity index (χ2n) is 5.82. The molecule has 4 aliphatic rings. The van der Waals surface area contributed by atoms with E-state index in [1.165, 1.54) is 35.5 Å². The number of fused-ring (bicyclic) bond motifs is 7. The average Bonchev–Trinajstić information content (AvgIpc) is 2.40. The van der Waals surface area contributed by atoms with Crippen LogP contribution in [-0.2, 0) is 0 Å². The first-order valence-electron chi connectivity index (χ1n) is 5.93. The van der Waals surface area contributed by atoms with Gasteiger partial charge in [0, 0.05) is 0 Å². The lowest BCUT2D eigenvalue weighted by Crippen LogP contribution is -2.57. The Bertz CT molecular complexity index is 220. The highest BCUT2D eigenvalue weighted by Gasteiger charge is 2.60. The summed E-state index contributed by atoms with van der Waals surface area (Å²) in [6.45, 7) is 0. The lowest BCUT2D eigenvalue weighted by molar-refractivity contribution is -0.149. The summed E-state index contributed by atoms with van der Waals surface area (Å²) in [5.74, 6) is 7.32. The van der Waals surface area contributed by atoms with Crippen LogP contribution in [0.1, 0.15) is 38.5 Å². The molecule has 4 rings (SSSR count). The number of rotatable bonds is 0. The van der Waals surface area contributed by atoms with E-state index in [1.54, 1.807) is 38.5 Å². The third kappa shape index (κ3) is 0.561. The van der Waals surface area contributed by atoms with E-state index in [2.05, 4.69) is 0 Å². The van der Waals surface area contributed by atoms with E-state index in [-0.39, 0.29) is 0 Å². The Morgan fingerprint density at radius 3 is 2.42 bits per heavy atom. The van der Waals surface area contributed by atoms with Gasteiger partial charge in [-0.2, -0.15) is 0 Å². The molecule has 0 saturated heterocycles. The Morgan fingerprint density at radius 2 is 1.58 bits per heavy atom. The van der Waals surface area contributed by atoms with Crippen LogP contribution in [0.4, 0.5) is 0 Å². The minimum absolute atomic E-state index is 1.18. The molecular weight excluding hydrogens is 144 g/mol. The zero-order chi connectivity index (χ0) is 7.71. The molecule has 6 unspecified atom stereocenters. The quantitative estimate of drug-likeness (QED) is 0.513. The van der Waals surface area contributed by atoms with Crippen LogP contribution in [0.25, 0.3) is 0 Å². The Kier molecular flexibility index (Phi) is 1.03. The summed E-state index contributed by atoms with van der Waals surface area (Å²) in [6.07, 6.45) is 9.68. The Morgan fingerprint density at radius 1 is 0.667 bits per heavy atom. The highest BCUT2D eigenvalue weighted by molar-refractivity contribution is 5.09. The highest BCUT2D eigenvalue weighted by Crippen LogP contribution is 2.68. The molecule has 12 heavy (non-hydrogen) atoms. The third-order valence-electron chi connectivity index (χ3n) is 5.65. The fourth-order valence-electron chi connectivity index (χ4n) is 5.11. The molecule has 0 aromatic carbocycles. The predicted molar refractivity (Wildman–Crippen MR) is 48.6 cm³/mol. The molecule has 0 spiro atoms. The van der Waals surface area contributed by atoms with Crippen LogP contribution in [0, 0.1) is 35.5 Å². The molecule has 66 valence electrons.